The fourth-order valence-electron chi connectivity index (χ4n) is 1.64. The lowest BCUT2D eigenvalue weighted by Gasteiger charge is -2.15. The van der Waals surface area contributed by atoms with Crippen LogP contribution in [0.2, 0.25) is 0 Å². The van der Waals surface area contributed by atoms with Crippen LogP contribution < -0.4 is 11.3 Å². The molecular weight excluding hydrogens is 288 g/mol. The summed E-state index contributed by atoms with van der Waals surface area (Å²) in [5, 5.41) is 6.22. The summed E-state index contributed by atoms with van der Waals surface area (Å²) >= 11 is 5.17. The van der Waals surface area contributed by atoms with E-state index in [0.717, 1.165) is 16.6 Å². The lowest BCUT2D eigenvalue weighted by atomic mass is 10.1. The van der Waals surface area contributed by atoms with E-state index in [9.17, 15) is 0 Å². The van der Waals surface area contributed by atoms with Gasteiger partial charge in [0.05, 0.1) is 11.7 Å². The summed E-state index contributed by atoms with van der Waals surface area (Å²) in [4.78, 5) is 1.29. The summed E-state index contributed by atoms with van der Waals surface area (Å²) < 4.78 is 2.96. The van der Waals surface area contributed by atoms with Crippen molar-refractivity contribution in [1.82, 2.24) is 15.2 Å². The molecule has 2 heterocycles. The van der Waals surface area contributed by atoms with Crippen molar-refractivity contribution in [3.8, 4) is 0 Å². The minimum Gasteiger partial charge on any atom is -0.271 e. The molecular formula is C10H13BrN4S. The first-order chi connectivity index (χ1) is 7.70. The average Bonchev–Trinajstić information content (AvgIpc) is 2.84. The fraction of sp³-hybridized carbons (Fsp3) is 0.300. The van der Waals surface area contributed by atoms with E-state index in [0.29, 0.717) is 0 Å². The summed E-state index contributed by atoms with van der Waals surface area (Å²) in [6.45, 7) is 0. The number of nitrogens with two attached hydrogens (primary N) is 1. The Morgan fingerprint density at radius 1 is 1.69 bits per heavy atom. The zero-order valence-corrected chi connectivity index (χ0v) is 11.3. The van der Waals surface area contributed by atoms with Gasteiger partial charge in [0.15, 0.2) is 0 Å². The van der Waals surface area contributed by atoms with Gasteiger partial charge in [-0.2, -0.15) is 5.10 Å². The molecule has 1 unspecified atom stereocenters. The van der Waals surface area contributed by atoms with Gasteiger partial charge in [-0.25, -0.2) is 0 Å². The number of hydrogen-bond donors (Lipinski definition) is 2. The minimum absolute atomic E-state index is 0.0954. The van der Waals surface area contributed by atoms with E-state index >= 15 is 0 Å². The predicted molar refractivity (Wildman–Crippen MR) is 69.0 cm³/mol. The summed E-state index contributed by atoms with van der Waals surface area (Å²) in [5.41, 5.74) is 3.92. The summed E-state index contributed by atoms with van der Waals surface area (Å²) in [6, 6.07) is 4.19. The van der Waals surface area contributed by atoms with Crippen LogP contribution in [0.5, 0.6) is 0 Å². The average molecular weight is 301 g/mol. The molecule has 0 amide bonds. The molecule has 4 nitrogen and oxygen atoms in total. The van der Waals surface area contributed by atoms with E-state index < -0.39 is 0 Å². The van der Waals surface area contributed by atoms with Crippen molar-refractivity contribution in [2.75, 3.05) is 0 Å². The largest absolute Gasteiger partial charge is 0.271 e. The summed E-state index contributed by atoms with van der Waals surface area (Å²) in [6.07, 6.45) is 2.65. The topological polar surface area (TPSA) is 55.9 Å². The highest BCUT2D eigenvalue weighted by molar-refractivity contribution is 9.10. The molecule has 2 aromatic heterocycles. The number of rotatable bonds is 4. The highest BCUT2D eigenvalue weighted by atomic mass is 79.9. The van der Waals surface area contributed by atoms with Crippen LogP contribution in [0.25, 0.3) is 0 Å². The van der Waals surface area contributed by atoms with Crippen molar-refractivity contribution in [3.05, 3.63) is 38.8 Å². The standard InChI is InChI=1S/C10H13BrN4S/c1-15-10(2-3-13-15)9(14-12)5-8-4-7(11)6-16-8/h2-4,6,9,14H,5,12H2,1H3. The molecule has 6 heteroatoms. The number of thiophene rings is 1. The molecule has 0 spiro atoms. The second-order valence-electron chi connectivity index (χ2n) is 3.53. The Balaban J connectivity index is 2.15. The third kappa shape index (κ3) is 2.52. The van der Waals surface area contributed by atoms with Crippen LogP contribution in [0.4, 0.5) is 0 Å². The van der Waals surface area contributed by atoms with E-state index in [1.165, 1.54) is 4.88 Å². The number of nitrogens with one attached hydrogen (secondary N) is 1. The highest BCUT2D eigenvalue weighted by Crippen LogP contribution is 2.24. The van der Waals surface area contributed by atoms with Crippen LogP contribution in [-0.4, -0.2) is 9.78 Å². The monoisotopic (exact) mass is 300 g/mol. The molecule has 86 valence electrons. The predicted octanol–water partition coefficient (Wildman–Crippen LogP) is 1.99. The van der Waals surface area contributed by atoms with Crippen molar-refractivity contribution in [3.63, 3.8) is 0 Å². The maximum Gasteiger partial charge on any atom is 0.0677 e. The van der Waals surface area contributed by atoms with Crippen molar-refractivity contribution in [2.24, 2.45) is 12.9 Å². The van der Waals surface area contributed by atoms with Crippen LogP contribution >= 0.6 is 27.3 Å². The molecule has 2 rings (SSSR count). The lowest BCUT2D eigenvalue weighted by molar-refractivity contribution is 0.511. The van der Waals surface area contributed by atoms with E-state index in [4.69, 9.17) is 5.84 Å². The van der Waals surface area contributed by atoms with Crippen LogP contribution in [-0.2, 0) is 13.5 Å². The molecule has 0 aliphatic heterocycles. The van der Waals surface area contributed by atoms with Crippen molar-refractivity contribution >= 4 is 27.3 Å². The van der Waals surface area contributed by atoms with Gasteiger partial charge in [0.1, 0.15) is 0 Å². The molecule has 2 aromatic rings. The van der Waals surface area contributed by atoms with Crippen LogP contribution in [0.15, 0.2) is 28.2 Å². The van der Waals surface area contributed by atoms with Crippen molar-refractivity contribution in [1.29, 1.82) is 0 Å². The number of aryl methyl sites for hydroxylation is 1. The van der Waals surface area contributed by atoms with Gasteiger partial charge in [-0.3, -0.25) is 16.0 Å². The second-order valence-corrected chi connectivity index (χ2v) is 5.45. The molecule has 1 atom stereocenters. The van der Waals surface area contributed by atoms with Gasteiger partial charge in [0, 0.05) is 34.4 Å². The van der Waals surface area contributed by atoms with Gasteiger partial charge in [0.2, 0.25) is 0 Å². The fourth-order valence-corrected chi connectivity index (χ4v) is 3.13. The molecule has 3 N–H and O–H groups in total. The van der Waals surface area contributed by atoms with Crippen LogP contribution in [0.3, 0.4) is 0 Å². The molecule has 0 aliphatic rings. The highest BCUT2D eigenvalue weighted by Gasteiger charge is 2.14. The molecule has 0 bridgehead atoms. The number of hydrogen-bond acceptors (Lipinski definition) is 4. The molecule has 0 aliphatic carbocycles. The van der Waals surface area contributed by atoms with Gasteiger partial charge in [-0.1, -0.05) is 0 Å². The minimum atomic E-state index is 0.0954. The van der Waals surface area contributed by atoms with Gasteiger partial charge < -0.3 is 0 Å². The Bertz CT molecular complexity index is 465. The molecule has 0 fully saturated rings. The van der Waals surface area contributed by atoms with Gasteiger partial charge in [-0.05, 0) is 28.1 Å². The van der Waals surface area contributed by atoms with Crippen molar-refractivity contribution in [2.45, 2.75) is 12.5 Å². The van der Waals surface area contributed by atoms with Gasteiger partial charge >= 0.3 is 0 Å². The summed E-state index contributed by atoms with van der Waals surface area (Å²) in [5.74, 6) is 5.59. The number of aromatic nitrogens is 2. The number of halogens is 1. The molecule has 0 radical (unpaired) electrons. The zero-order valence-electron chi connectivity index (χ0n) is 8.85. The Morgan fingerprint density at radius 2 is 2.50 bits per heavy atom. The molecule has 16 heavy (non-hydrogen) atoms. The lowest BCUT2D eigenvalue weighted by Crippen LogP contribution is -2.30. The second kappa shape index (κ2) is 5.09. The molecule has 0 saturated heterocycles. The van der Waals surface area contributed by atoms with Crippen molar-refractivity contribution < 1.29 is 0 Å². The first-order valence-electron chi connectivity index (χ1n) is 4.87. The maximum absolute atomic E-state index is 5.59. The number of nitrogens with zero attached hydrogens (tertiary/aromatic N) is 2. The van der Waals surface area contributed by atoms with Gasteiger partial charge in [0.25, 0.3) is 0 Å². The SMILES string of the molecule is Cn1nccc1C(Cc1cc(Br)cs1)NN. The molecule has 0 saturated carbocycles. The third-order valence-electron chi connectivity index (χ3n) is 2.44. The van der Waals surface area contributed by atoms with Crippen LogP contribution in [0, 0.1) is 0 Å². The van der Waals surface area contributed by atoms with Gasteiger partial charge in [-0.15, -0.1) is 11.3 Å². The van der Waals surface area contributed by atoms with E-state index in [1.54, 1.807) is 17.5 Å². The Morgan fingerprint density at radius 3 is 3.00 bits per heavy atom. The normalized spacial score (nSPS) is 12.9. The van der Waals surface area contributed by atoms with E-state index in [1.807, 2.05) is 17.8 Å². The number of hydrazine groups is 1. The van der Waals surface area contributed by atoms with E-state index in [-0.39, 0.29) is 6.04 Å². The molecule has 0 aromatic carbocycles. The first kappa shape index (κ1) is 11.8. The zero-order chi connectivity index (χ0) is 11.5. The Kier molecular flexibility index (Phi) is 3.75. The van der Waals surface area contributed by atoms with E-state index in [2.05, 4.69) is 37.9 Å². The first-order valence-corrected chi connectivity index (χ1v) is 6.55. The maximum atomic E-state index is 5.59. The smallest absolute Gasteiger partial charge is 0.0677 e. The Hall–Kier alpha value is -0.690. The summed E-state index contributed by atoms with van der Waals surface area (Å²) in [7, 11) is 1.92. The Labute approximate surface area is 107 Å². The quantitative estimate of drug-likeness (QED) is 0.671. The van der Waals surface area contributed by atoms with Crippen LogP contribution in [0.1, 0.15) is 16.6 Å². The third-order valence-corrected chi connectivity index (χ3v) is 4.16.